The first-order valence-electron chi connectivity index (χ1n) is 6.52. The van der Waals surface area contributed by atoms with Crippen LogP contribution in [0.25, 0.3) is 0 Å². The van der Waals surface area contributed by atoms with Crippen molar-refractivity contribution in [1.82, 2.24) is 5.32 Å². The number of hydrogen-bond donors (Lipinski definition) is 2. The lowest BCUT2D eigenvalue weighted by Crippen LogP contribution is -2.25. The second kappa shape index (κ2) is 6.99. The summed E-state index contributed by atoms with van der Waals surface area (Å²) in [5.41, 5.74) is 7.97. The molecule has 0 radical (unpaired) electrons. The van der Waals surface area contributed by atoms with Gasteiger partial charge in [0.25, 0.3) is 0 Å². The van der Waals surface area contributed by atoms with E-state index in [2.05, 4.69) is 5.32 Å². The third-order valence-electron chi connectivity index (χ3n) is 3.10. The predicted octanol–water partition coefficient (Wildman–Crippen LogP) is 2.79. The molecule has 5 heteroatoms. The van der Waals surface area contributed by atoms with E-state index < -0.39 is 0 Å². The zero-order valence-electron chi connectivity index (χ0n) is 11.7. The highest BCUT2D eigenvalue weighted by Gasteiger charge is 2.09. The van der Waals surface area contributed by atoms with Crippen LogP contribution in [0.5, 0.6) is 5.75 Å². The molecular formula is C16H17ClN2O2. The van der Waals surface area contributed by atoms with Crippen LogP contribution in [-0.4, -0.2) is 13.0 Å². The molecule has 0 saturated carbocycles. The standard InChI is InChI=1S/C16H17ClN2O2/c1-21-15-4-2-3-14(17)13(15)10-19-16(20)9-11-5-7-12(18)8-6-11/h2-8H,9-10,18H2,1H3,(H,19,20). The summed E-state index contributed by atoms with van der Waals surface area (Å²) < 4.78 is 5.24. The van der Waals surface area contributed by atoms with E-state index in [0.29, 0.717) is 29.4 Å². The van der Waals surface area contributed by atoms with Gasteiger partial charge in [-0.2, -0.15) is 0 Å². The SMILES string of the molecule is COc1cccc(Cl)c1CNC(=O)Cc1ccc(N)cc1. The Balaban J connectivity index is 1.97. The average Bonchev–Trinajstić information content (AvgIpc) is 2.48. The molecule has 0 aliphatic carbocycles. The van der Waals surface area contributed by atoms with E-state index in [1.807, 2.05) is 18.2 Å². The maximum absolute atomic E-state index is 12.0. The van der Waals surface area contributed by atoms with Crippen molar-refractivity contribution >= 4 is 23.2 Å². The molecule has 0 aliphatic heterocycles. The molecule has 21 heavy (non-hydrogen) atoms. The van der Waals surface area contributed by atoms with Crippen molar-refractivity contribution < 1.29 is 9.53 Å². The number of rotatable bonds is 5. The van der Waals surface area contributed by atoms with Crippen molar-refractivity contribution in [3.63, 3.8) is 0 Å². The summed E-state index contributed by atoms with van der Waals surface area (Å²) in [6, 6.07) is 12.6. The number of amides is 1. The van der Waals surface area contributed by atoms with Gasteiger partial charge in [0.2, 0.25) is 5.91 Å². The number of methoxy groups -OCH3 is 1. The number of anilines is 1. The molecule has 0 fully saturated rings. The van der Waals surface area contributed by atoms with Gasteiger partial charge in [-0.05, 0) is 29.8 Å². The maximum atomic E-state index is 12.0. The van der Waals surface area contributed by atoms with Gasteiger partial charge >= 0.3 is 0 Å². The summed E-state index contributed by atoms with van der Waals surface area (Å²) in [7, 11) is 1.57. The van der Waals surface area contributed by atoms with Crippen molar-refractivity contribution in [2.75, 3.05) is 12.8 Å². The first-order valence-corrected chi connectivity index (χ1v) is 6.90. The van der Waals surface area contributed by atoms with E-state index in [1.165, 1.54) is 0 Å². The summed E-state index contributed by atoms with van der Waals surface area (Å²) >= 11 is 6.12. The minimum Gasteiger partial charge on any atom is -0.496 e. The van der Waals surface area contributed by atoms with Gasteiger partial charge in [-0.15, -0.1) is 0 Å². The van der Waals surface area contributed by atoms with Gasteiger partial charge in [-0.3, -0.25) is 4.79 Å². The lowest BCUT2D eigenvalue weighted by Gasteiger charge is -2.11. The molecule has 0 aliphatic rings. The lowest BCUT2D eigenvalue weighted by molar-refractivity contribution is -0.120. The number of nitrogens with one attached hydrogen (secondary N) is 1. The van der Waals surface area contributed by atoms with E-state index in [9.17, 15) is 4.79 Å². The topological polar surface area (TPSA) is 64.3 Å². The Morgan fingerprint density at radius 1 is 1.24 bits per heavy atom. The smallest absolute Gasteiger partial charge is 0.224 e. The second-order valence-electron chi connectivity index (χ2n) is 4.62. The Hall–Kier alpha value is -2.20. The minimum atomic E-state index is -0.0817. The summed E-state index contributed by atoms with van der Waals surface area (Å²) in [5, 5.41) is 3.41. The van der Waals surface area contributed by atoms with Crippen molar-refractivity contribution in [1.29, 1.82) is 0 Å². The molecule has 3 N–H and O–H groups in total. The first-order chi connectivity index (χ1) is 10.1. The molecule has 1 amide bonds. The Morgan fingerprint density at radius 3 is 2.62 bits per heavy atom. The van der Waals surface area contributed by atoms with Gasteiger partial charge in [-0.25, -0.2) is 0 Å². The number of carbonyl (C=O) groups is 1. The van der Waals surface area contributed by atoms with Crippen LogP contribution in [0, 0.1) is 0 Å². The lowest BCUT2D eigenvalue weighted by atomic mass is 10.1. The Labute approximate surface area is 128 Å². The molecule has 110 valence electrons. The summed E-state index contributed by atoms with van der Waals surface area (Å²) in [6.07, 6.45) is 0.299. The fraction of sp³-hybridized carbons (Fsp3) is 0.188. The molecule has 0 bridgehead atoms. The van der Waals surface area contributed by atoms with Gasteiger partial charge in [0.1, 0.15) is 5.75 Å². The number of nitrogen functional groups attached to an aromatic ring is 1. The summed E-state index contributed by atoms with van der Waals surface area (Å²) in [4.78, 5) is 12.0. The molecule has 0 unspecified atom stereocenters. The van der Waals surface area contributed by atoms with Gasteiger partial charge in [0, 0.05) is 22.8 Å². The molecule has 4 nitrogen and oxygen atoms in total. The van der Waals surface area contributed by atoms with Crippen LogP contribution in [0.15, 0.2) is 42.5 Å². The Morgan fingerprint density at radius 2 is 1.95 bits per heavy atom. The third-order valence-corrected chi connectivity index (χ3v) is 3.46. The fourth-order valence-corrected chi connectivity index (χ4v) is 2.20. The van der Waals surface area contributed by atoms with E-state index >= 15 is 0 Å². The molecule has 0 heterocycles. The molecule has 0 spiro atoms. The van der Waals surface area contributed by atoms with Crippen LogP contribution in [-0.2, 0) is 17.8 Å². The normalized spacial score (nSPS) is 10.2. The molecule has 2 aromatic rings. The van der Waals surface area contributed by atoms with Crippen LogP contribution in [0.4, 0.5) is 5.69 Å². The molecule has 0 aromatic heterocycles. The van der Waals surface area contributed by atoms with Crippen LogP contribution < -0.4 is 15.8 Å². The third kappa shape index (κ3) is 4.13. The number of hydrogen-bond acceptors (Lipinski definition) is 3. The molecule has 2 aromatic carbocycles. The minimum absolute atomic E-state index is 0.0817. The van der Waals surface area contributed by atoms with Crippen LogP contribution in [0.1, 0.15) is 11.1 Å². The zero-order valence-corrected chi connectivity index (χ0v) is 12.5. The van der Waals surface area contributed by atoms with E-state index in [1.54, 1.807) is 31.4 Å². The van der Waals surface area contributed by atoms with Crippen molar-refractivity contribution in [3.8, 4) is 5.75 Å². The Kier molecular flexibility index (Phi) is 5.06. The van der Waals surface area contributed by atoms with Crippen LogP contribution in [0.3, 0.4) is 0 Å². The fourth-order valence-electron chi connectivity index (χ4n) is 1.97. The number of halogens is 1. The molecule has 2 rings (SSSR count). The van der Waals surface area contributed by atoms with Crippen molar-refractivity contribution in [2.45, 2.75) is 13.0 Å². The van der Waals surface area contributed by atoms with Crippen molar-refractivity contribution in [3.05, 3.63) is 58.6 Å². The highest BCUT2D eigenvalue weighted by molar-refractivity contribution is 6.31. The molecular weight excluding hydrogens is 288 g/mol. The van der Waals surface area contributed by atoms with Gasteiger partial charge < -0.3 is 15.8 Å². The predicted molar refractivity (Wildman–Crippen MR) is 84.4 cm³/mol. The average molecular weight is 305 g/mol. The molecule has 0 saturated heterocycles. The largest absolute Gasteiger partial charge is 0.496 e. The summed E-state index contributed by atoms with van der Waals surface area (Å²) in [5.74, 6) is 0.581. The van der Waals surface area contributed by atoms with Gasteiger partial charge in [-0.1, -0.05) is 29.8 Å². The summed E-state index contributed by atoms with van der Waals surface area (Å²) in [6.45, 7) is 0.330. The number of nitrogens with two attached hydrogens (primary N) is 1. The number of carbonyl (C=O) groups excluding carboxylic acids is 1. The van der Waals surface area contributed by atoms with Gasteiger partial charge in [0.15, 0.2) is 0 Å². The van der Waals surface area contributed by atoms with Crippen LogP contribution >= 0.6 is 11.6 Å². The first kappa shape index (κ1) is 15.2. The highest BCUT2D eigenvalue weighted by atomic mass is 35.5. The highest BCUT2D eigenvalue weighted by Crippen LogP contribution is 2.25. The van der Waals surface area contributed by atoms with E-state index in [-0.39, 0.29) is 5.91 Å². The van der Waals surface area contributed by atoms with E-state index in [4.69, 9.17) is 22.1 Å². The quantitative estimate of drug-likeness (QED) is 0.835. The Bertz CT molecular complexity index is 627. The number of ether oxygens (including phenoxy) is 1. The van der Waals surface area contributed by atoms with E-state index in [0.717, 1.165) is 11.1 Å². The zero-order chi connectivity index (χ0) is 15.2. The van der Waals surface area contributed by atoms with Crippen LogP contribution in [0.2, 0.25) is 5.02 Å². The monoisotopic (exact) mass is 304 g/mol. The maximum Gasteiger partial charge on any atom is 0.224 e. The number of benzene rings is 2. The second-order valence-corrected chi connectivity index (χ2v) is 5.02. The molecule has 0 atom stereocenters. The van der Waals surface area contributed by atoms with Crippen molar-refractivity contribution in [2.24, 2.45) is 0 Å². The van der Waals surface area contributed by atoms with Gasteiger partial charge in [0.05, 0.1) is 13.5 Å².